The van der Waals surface area contributed by atoms with Gasteiger partial charge in [0.05, 0.1) is 0 Å². The second-order valence-corrected chi connectivity index (χ2v) is 5.70. The number of phenolic OH excluding ortho intramolecular Hbond substituents is 1. The van der Waals surface area contributed by atoms with Crippen molar-refractivity contribution in [2.75, 3.05) is 0 Å². The third-order valence-corrected chi connectivity index (χ3v) is 3.68. The zero-order valence-electron chi connectivity index (χ0n) is 12.9. The van der Waals surface area contributed by atoms with E-state index in [0.29, 0.717) is 11.8 Å². The fraction of sp³-hybridized carbons (Fsp3) is 0.647. The summed E-state index contributed by atoms with van der Waals surface area (Å²) in [5, 5.41) is 13.6. The third-order valence-electron chi connectivity index (χ3n) is 3.68. The van der Waals surface area contributed by atoms with Crippen LogP contribution in [0.15, 0.2) is 18.2 Å². The third kappa shape index (κ3) is 5.65. The number of hydrogen-bond acceptors (Lipinski definition) is 2. The van der Waals surface area contributed by atoms with Crippen molar-refractivity contribution in [3.05, 3.63) is 29.3 Å². The van der Waals surface area contributed by atoms with Gasteiger partial charge < -0.3 is 10.4 Å². The number of phenols is 1. The van der Waals surface area contributed by atoms with E-state index in [1.54, 1.807) is 0 Å². The Morgan fingerprint density at radius 2 is 1.89 bits per heavy atom. The van der Waals surface area contributed by atoms with Gasteiger partial charge in [-0.25, -0.2) is 0 Å². The van der Waals surface area contributed by atoms with E-state index in [4.69, 9.17) is 0 Å². The number of nitrogens with one attached hydrogen (secondary N) is 1. The van der Waals surface area contributed by atoms with Gasteiger partial charge in [-0.15, -0.1) is 0 Å². The molecule has 0 saturated heterocycles. The average Bonchev–Trinajstić information content (AvgIpc) is 2.34. The highest BCUT2D eigenvalue weighted by Crippen LogP contribution is 2.25. The van der Waals surface area contributed by atoms with E-state index in [-0.39, 0.29) is 6.04 Å². The van der Waals surface area contributed by atoms with Crippen LogP contribution in [0.1, 0.15) is 70.0 Å². The molecule has 2 N–H and O–H groups in total. The molecule has 0 bridgehead atoms. The summed E-state index contributed by atoms with van der Waals surface area (Å²) in [4.78, 5) is 0. The van der Waals surface area contributed by atoms with Crippen LogP contribution in [0.5, 0.6) is 5.75 Å². The van der Waals surface area contributed by atoms with E-state index < -0.39 is 0 Å². The molecule has 2 atom stereocenters. The molecule has 0 radical (unpaired) electrons. The predicted molar refractivity (Wildman–Crippen MR) is 82.6 cm³/mol. The van der Waals surface area contributed by atoms with Crippen LogP contribution in [-0.4, -0.2) is 11.1 Å². The van der Waals surface area contributed by atoms with Gasteiger partial charge in [0, 0.05) is 17.6 Å². The van der Waals surface area contributed by atoms with Gasteiger partial charge in [0.25, 0.3) is 0 Å². The largest absolute Gasteiger partial charge is 0.508 e. The Kier molecular flexibility index (Phi) is 6.93. The van der Waals surface area contributed by atoms with Gasteiger partial charge >= 0.3 is 0 Å². The minimum Gasteiger partial charge on any atom is -0.508 e. The summed E-state index contributed by atoms with van der Waals surface area (Å²) in [5.74, 6) is 0.401. The van der Waals surface area contributed by atoms with Crippen molar-refractivity contribution in [2.45, 2.75) is 71.9 Å². The van der Waals surface area contributed by atoms with Gasteiger partial charge in [-0.2, -0.15) is 0 Å². The summed E-state index contributed by atoms with van der Waals surface area (Å²) in [6.07, 6.45) is 6.44. The van der Waals surface area contributed by atoms with Crippen LogP contribution in [0.3, 0.4) is 0 Å². The Morgan fingerprint density at radius 1 is 1.16 bits per heavy atom. The molecule has 1 aromatic rings. The molecule has 0 amide bonds. The molecular formula is C17H29NO. The lowest BCUT2D eigenvalue weighted by Crippen LogP contribution is -2.28. The van der Waals surface area contributed by atoms with Crippen LogP contribution in [0.25, 0.3) is 0 Å². The Morgan fingerprint density at radius 3 is 2.53 bits per heavy atom. The summed E-state index contributed by atoms with van der Waals surface area (Å²) >= 11 is 0. The molecule has 0 aliphatic carbocycles. The summed E-state index contributed by atoms with van der Waals surface area (Å²) < 4.78 is 0. The lowest BCUT2D eigenvalue weighted by atomic mass is 10.0. The SMILES string of the molecule is CCCCCCC(C)NC(C)c1ccc(C)cc1O. The summed E-state index contributed by atoms with van der Waals surface area (Å²) in [6, 6.07) is 6.60. The second kappa shape index (κ2) is 8.21. The number of rotatable bonds is 8. The molecule has 108 valence electrons. The fourth-order valence-corrected chi connectivity index (χ4v) is 2.50. The Bertz CT molecular complexity index is 376. The van der Waals surface area contributed by atoms with Gasteiger partial charge in [-0.3, -0.25) is 0 Å². The summed E-state index contributed by atoms with van der Waals surface area (Å²) in [5.41, 5.74) is 2.09. The normalized spacial score (nSPS) is 14.3. The van der Waals surface area contributed by atoms with Gasteiger partial charge in [0.1, 0.15) is 5.75 Å². The van der Waals surface area contributed by atoms with Gasteiger partial charge in [0.2, 0.25) is 0 Å². The second-order valence-electron chi connectivity index (χ2n) is 5.70. The quantitative estimate of drug-likeness (QED) is 0.666. The highest BCUT2D eigenvalue weighted by Gasteiger charge is 2.12. The molecule has 2 unspecified atom stereocenters. The first-order valence-electron chi connectivity index (χ1n) is 7.60. The van der Waals surface area contributed by atoms with Crippen LogP contribution >= 0.6 is 0 Å². The van der Waals surface area contributed by atoms with E-state index in [0.717, 1.165) is 11.1 Å². The van der Waals surface area contributed by atoms with Crippen LogP contribution in [0.2, 0.25) is 0 Å². The average molecular weight is 263 g/mol. The Hall–Kier alpha value is -1.02. The molecule has 0 aliphatic rings. The maximum absolute atomic E-state index is 9.98. The predicted octanol–water partition coefficient (Wildman–Crippen LogP) is 4.71. The van der Waals surface area contributed by atoms with Crippen LogP contribution in [0, 0.1) is 6.92 Å². The minimum absolute atomic E-state index is 0.196. The van der Waals surface area contributed by atoms with E-state index in [9.17, 15) is 5.11 Å². The lowest BCUT2D eigenvalue weighted by molar-refractivity contribution is 0.416. The smallest absolute Gasteiger partial charge is 0.120 e. The zero-order valence-corrected chi connectivity index (χ0v) is 12.9. The topological polar surface area (TPSA) is 32.3 Å². The van der Waals surface area contributed by atoms with Crippen molar-refractivity contribution in [1.29, 1.82) is 0 Å². The standard InChI is InChI=1S/C17H29NO/c1-5-6-7-8-9-14(3)18-15(4)16-11-10-13(2)12-17(16)19/h10-12,14-15,18-19H,5-9H2,1-4H3. The van der Waals surface area contributed by atoms with E-state index in [1.165, 1.54) is 32.1 Å². The van der Waals surface area contributed by atoms with E-state index in [2.05, 4.69) is 32.2 Å². The number of benzene rings is 1. The van der Waals surface area contributed by atoms with Crippen molar-refractivity contribution >= 4 is 0 Å². The van der Waals surface area contributed by atoms with Gasteiger partial charge in [-0.05, 0) is 38.8 Å². The van der Waals surface area contributed by atoms with Gasteiger partial charge in [0.15, 0.2) is 0 Å². The molecule has 0 heterocycles. The molecule has 0 aliphatic heterocycles. The zero-order chi connectivity index (χ0) is 14.3. The highest BCUT2D eigenvalue weighted by atomic mass is 16.3. The van der Waals surface area contributed by atoms with Gasteiger partial charge in [-0.1, -0.05) is 44.7 Å². The number of aromatic hydroxyl groups is 1. The van der Waals surface area contributed by atoms with Crippen molar-refractivity contribution in [1.82, 2.24) is 5.32 Å². The molecule has 0 saturated carbocycles. The van der Waals surface area contributed by atoms with Crippen molar-refractivity contribution in [2.24, 2.45) is 0 Å². The first-order valence-corrected chi connectivity index (χ1v) is 7.60. The molecule has 1 aromatic carbocycles. The maximum Gasteiger partial charge on any atom is 0.120 e. The first-order chi connectivity index (χ1) is 9.04. The lowest BCUT2D eigenvalue weighted by Gasteiger charge is -2.21. The van der Waals surface area contributed by atoms with E-state index >= 15 is 0 Å². The monoisotopic (exact) mass is 263 g/mol. The molecule has 0 aromatic heterocycles. The van der Waals surface area contributed by atoms with Crippen molar-refractivity contribution < 1.29 is 5.11 Å². The Labute approximate surface area is 118 Å². The molecule has 2 nitrogen and oxygen atoms in total. The van der Waals surface area contributed by atoms with Crippen LogP contribution in [0.4, 0.5) is 0 Å². The molecule has 19 heavy (non-hydrogen) atoms. The number of aryl methyl sites for hydroxylation is 1. The van der Waals surface area contributed by atoms with Crippen LogP contribution < -0.4 is 5.32 Å². The molecule has 0 fully saturated rings. The van der Waals surface area contributed by atoms with Crippen molar-refractivity contribution in [3.63, 3.8) is 0 Å². The molecular weight excluding hydrogens is 234 g/mol. The summed E-state index contributed by atoms with van der Waals surface area (Å²) in [7, 11) is 0. The van der Waals surface area contributed by atoms with Crippen LogP contribution in [-0.2, 0) is 0 Å². The molecule has 1 rings (SSSR count). The molecule has 0 spiro atoms. The number of hydrogen-bond donors (Lipinski definition) is 2. The maximum atomic E-state index is 9.98. The fourth-order valence-electron chi connectivity index (χ4n) is 2.50. The first kappa shape index (κ1) is 16.0. The highest BCUT2D eigenvalue weighted by molar-refractivity contribution is 5.37. The summed E-state index contributed by atoms with van der Waals surface area (Å²) in [6.45, 7) is 8.59. The van der Waals surface area contributed by atoms with Crippen molar-refractivity contribution in [3.8, 4) is 5.75 Å². The number of unbranched alkanes of at least 4 members (excludes halogenated alkanes) is 3. The molecule has 2 heteroatoms. The Balaban J connectivity index is 2.43. The van der Waals surface area contributed by atoms with E-state index in [1.807, 2.05) is 19.1 Å². The minimum atomic E-state index is 0.196.